The normalized spacial score (nSPS) is 14.4. The average molecular weight is 277 g/mol. The van der Waals surface area contributed by atoms with Crippen LogP contribution in [0.25, 0.3) is 0 Å². The van der Waals surface area contributed by atoms with E-state index in [2.05, 4.69) is 19.2 Å². The molecule has 1 fully saturated rings. The lowest BCUT2D eigenvalue weighted by atomic mass is 10.1. The smallest absolute Gasteiger partial charge is 0.251 e. The zero-order chi connectivity index (χ0) is 14.5. The minimum absolute atomic E-state index is 0.0136. The molecule has 0 unspecified atom stereocenters. The Balaban J connectivity index is 2.04. The SMILES string of the molecule is COc1ccc(C(=O)NC2CC2)cc1COCC(C)C. The minimum Gasteiger partial charge on any atom is -0.496 e. The molecule has 4 nitrogen and oxygen atoms in total. The number of amides is 1. The molecule has 0 bridgehead atoms. The lowest BCUT2D eigenvalue weighted by Crippen LogP contribution is -2.25. The Morgan fingerprint density at radius 2 is 2.15 bits per heavy atom. The van der Waals surface area contributed by atoms with E-state index in [1.54, 1.807) is 13.2 Å². The minimum atomic E-state index is -0.0136. The van der Waals surface area contributed by atoms with E-state index in [1.165, 1.54) is 0 Å². The first-order valence-corrected chi connectivity index (χ1v) is 7.15. The summed E-state index contributed by atoms with van der Waals surface area (Å²) in [6.45, 7) is 5.38. The summed E-state index contributed by atoms with van der Waals surface area (Å²) >= 11 is 0. The number of ether oxygens (including phenoxy) is 2. The number of nitrogens with one attached hydrogen (secondary N) is 1. The van der Waals surface area contributed by atoms with Crippen LogP contribution in [0, 0.1) is 5.92 Å². The third-order valence-corrected chi connectivity index (χ3v) is 3.16. The molecule has 1 N–H and O–H groups in total. The summed E-state index contributed by atoms with van der Waals surface area (Å²) in [5.74, 6) is 1.24. The fraction of sp³-hybridized carbons (Fsp3) is 0.562. The highest BCUT2D eigenvalue weighted by Crippen LogP contribution is 2.23. The van der Waals surface area contributed by atoms with Gasteiger partial charge < -0.3 is 14.8 Å². The van der Waals surface area contributed by atoms with E-state index in [0.29, 0.717) is 30.7 Å². The van der Waals surface area contributed by atoms with E-state index in [0.717, 1.165) is 24.2 Å². The molecule has 0 aliphatic heterocycles. The van der Waals surface area contributed by atoms with E-state index in [4.69, 9.17) is 9.47 Å². The maximum Gasteiger partial charge on any atom is 0.251 e. The number of benzene rings is 1. The molecule has 0 heterocycles. The summed E-state index contributed by atoms with van der Waals surface area (Å²) in [7, 11) is 1.63. The molecule has 1 aliphatic rings. The van der Waals surface area contributed by atoms with Gasteiger partial charge in [-0.2, -0.15) is 0 Å². The number of rotatable bonds is 7. The van der Waals surface area contributed by atoms with Gasteiger partial charge in [-0.15, -0.1) is 0 Å². The first-order chi connectivity index (χ1) is 9.60. The summed E-state index contributed by atoms with van der Waals surface area (Å²) in [6.07, 6.45) is 2.18. The molecular formula is C16H23NO3. The first kappa shape index (κ1) is 14.9. The summed E-state index contributed by atoms with van der Waals surface area (Å²) < 4.78 is 11.0. The summed E-state index contributed by atoms with van der Waals surface area (Å²) in [5.41, 5.74) is 1.58. The van der Waals surface area contributed by atoms with Crippen LogP contribution in [0.3, 0.4) is 0 Å². The molecule has 0 spiro atoms. The number of methoxy groups -OCH3 is 1. The van der Waals surface area contributed by atoms with Gasteiger partial charge in [0.25, 0.3) is 5.91 Å². The lowest BCUT2D eigenvalue weighted by molar-refractivity contribution is 0.0937. The van der Waals surface area contributed by atoms with Gasteiger partial charge in [0.2, 0.25) is 0 Å². The second kappa shape index (κ2) is 6.75. The van der Waals surface area contributed by atoms with E-state index in [-0.39, 0.29) is 5.91 Å². The largest absolute Gasteiger partial charge is 0.496 e. The quantitative estimate of drug-likeness (QED) is 0.833. The van der Waals surface area contributed by atoms with Crippen molar-refractivity contribution in [1.29, 1.82) is 0 Å². The highest BCUT2D eigenvalue weighted by atomic mass is 16.5. The highest BCUT2D eigenvalue weighted by Gasteiger charge is 2.24. The predicted octanol–water partition coefficient (Wildman–Crippen LogP) is 2.76. The van der Waals surface area contributed by atoms with Crippen LogP contribution in [0.4, 0.5) is 0 Å². The molecule has 110 valence electrons. The second-order valence-electron chi connectivity index (χ2n) is 5.68. The van der Waals surface area contributed by atoms with Gasteiger partial charge in [-0.05, 0) is 37.0 Å². The Morgan fingerprint density at radius 3 is 2.75 bits per heavy atom. The molecule has 1 amide bonds. The Kier molecular flexibility index (Phi) is 5.01. The molecule has 1 aromatic carbocycles. The summed E-state index contributed by atoms with van der Waals surface area (Å²) in [6, 6.07) is 5.85. The molecule has 0 atom stereocenters. The van der Waals surface area contributed by atoms with Crippen LogP contribution in [0.1, 0.15) is 42.6 Å². The number of hydrogen-bond donors (Lipinski definition) is 1. The number of hydrogen-bond acceptors (Lipinski definition) is 3. The topological polar surface area (TPSA) is 47.6 Å². The van der Waals surface area contributed by atoms with Gasteiger partial charge in [-0.25, -0.2) is 0 Å². The van der Waals surface area contributed by atoms with E-state index in [1.807, 2.05) is 12.1 Å². The fourth-order valence-electron chi connectivity index (χ4n) is 1.93. The lowest BCUT2D eigenvalue weighted by Gasteiger charge is -2.12. The molecule has 4 heteroatoms. The Hall–Kier alpha value is -1.55. The van der Waals surface area contributed by atoms with Crippen molar-refractivity contribution in [2.24, 2.45) is 5.92 Å². The van der Waals surface area contributed by atoms with Crippen LogP contribution >= 0.6 is 0 Å². The molecule has 1 aromatic rings. The molecule has 0 radical (unpaired) electrons. The van der Waals surface area contributed by atoms with Crippen LogP contribution in [-0.4, -0.2) is 25.7 Å². The third kappa shape index (κ3) is 4.23. The van der Waals surface area contributed by atoms with Crippen LogP contribution in [0.15, 0.2) is 18.2 Å². The Bertz CT molecular complexity index is 467. The van der Waals surface area contributed by atoms with Crippen molar-refractivity contribution >= 4 is 5.91 Å². The molecule has 20 heavy (non-hydrogen) atoms. The number of carbonyl (C=O) groups excluding carboxylic acids is 1. The van der Waals surface area contributed by atoms with Crippen molar-refractivity contribution < 1.29 is 14.3 Å². The molecular weight excluding hydrogens is 254 g/mol. The molecule has 0 aromatic heterocycles. The maximum atomic E-state index is 12.0. The maximum absolute atomic E-state index is 12.0. The first-order valence-electron chi connectivity index (χ1n) is 7.15. The predicted molar refractivity (Wildman–Crippen MR) is 78.0 cm³/mol. The standard InChI is InChI=1S/C16H23NO3/c1-11(2)9-20-10-13-8-12(4-7-15(13)19-3)16(18)17-14-5-6-14/h4,7-8,11,14H,5-6,9-10H2,1-3H3,(H,17,18). The van der Waals surface area contributed by atoms with Crippen molar-refractivity contribution in [3.8, 4) is 5.75 Å². The van der Waals surface area contributed by atoms with Crippen molar-refractivity contribution in [1.82, 2.24) is 5.32 Å². The fourth-order valence-corrected chi connectivity index (χ4v) is 1.93. The molecule has 2 rings (SSSR count). The van der Waals surface area contributed by atoms with Crippen molar-refractivity contribution in [3.63, 3.8) is 0 Å². The van der Waals surface area contributed by atoms with E-state index >= 15 is 0 Å². The summed E-state index contributed by atoms with van der Waals surface area (Å²) in [4.78, 5) is 12.0. The van der Waals surface area contributed by atoms with Crippen LogP contribution in [0.2, 0.25) is 0 Å². The van der Waals surface area contributed by atoms with Crippen molar-refractivity contribution in [2.45, 2.75) is 39.3 Å². The van der Waals surface area contributed by atoms with E-state index < -0.39 is 0 Å². The Labute approximate surface area is 120 Å². The van der Waals surface area contributed by atoms with Crippen molar-refractivity contribution in [2.75, 3.05) is 13.7 Å². The zero-order valence-electron chi connectivity index (χ0n) is 12.4. The molecule has 0 saturated heterocycles. The van der Waals surface area contributed by atoms with Gasteiger partial charge in [-0.1, -0.05) is 13.8 Å². The third-order valence-electron chi connectivity index (χ3n) is 3.16. The monoisotopic (exact) mass is 277 g/mol. The Morgan fingerprint density at radius 1 is 1.40 bits per heavy atom. The zero-order valence-corrected chi connectivity index (χ0v) is 12.4. The summed E-state index contributed by atoms with van der Waals surface area (Å²) in [5, 5.41) is 2.99. The molecule has 1 saturated carbocycles. The molecule has 1 aliphatic carbocycles. The van der Waals surface area contributed by atoms with Gasteiger partial charge >= 0.3 is 0 Å². The van der Waals surface area contributed by atoms with Gasteiger partial charge in [0.05, 0.1) is 13.7 Å². The van der Waals surface area contributed by atoms with Gasteiger partial charge in [0, 0.05) is 23.8 Å². The van der Waals surface area contributed by atoms with Crippen molar-refractivity contribution in [3.05, 3.63) is 29.3 Å². The van der Waals surface area contributed by atoms with Crippen LogP contribution in [0.5, 0.6) is 5.75 Å². The van der Waals surface area contributed by atoms with Gasteiger partial charge in [-0.3, -0.25) is 4.79 Å². The van der Waals surface area contributed by atoms with E-state index in [9.17, 15) is 4.79 Å². The second-order valence-corrected chi connectivity index (χ2v) is 5.68. The van der Waals surface area contributed by atoms with Crippen LogP contribution < -0.4 is 10.1 Å². The van der Waals surface area contributed by atoms with Gasteiger partial charge in [0.1, 0.15) is 5.75 Å². The van der Waals surface area contributed by atoms with Gasteiger partial charge in [0.15, 0.2) is 0 Å². The highest BCUT2D eigenvalue weighted by molar-refractivity contribution is 5.95. The average Bonchev–Trinajstić information content (AvgIpc) is 3.22. The van der Waals surface area contributed by atoms with Crippen LogP contribution in [-0.2, 0) is 11.3 Å². The number of carbonyl (C=O) groups is 1.